The zero-order chi connectivity index (χ0) is 26.0. The predicted molar refractivity (Wildman–Crippen MR) is 131 cm³/mol. The van der Waals surface area contributed by atoms with Crippen molar-refractivity contribution in [1.82, 2.24) is 20.1 Å². The van der Waals surface area contributed by atoms with Crippen molar-refractivity contribution >= 4 is 28.8 Å². The first-order chi connectivity index (χ1) is 17.2. The van der Waals surface area contributed by atoms with E-state index in [0.29, 0.717) is 34.0 Å². The van der Waals surface area contributed by atoms with Gasteiger partial charge in [-0.05, 0) is 52.0 Å². The number of nitrogens with zero attached hydrogens (tertiary/aromatic N) is 3. The second-order valence-corrected chi connectivity index (χ2v) is 8.46. The first-order valence-corrected chi connectivity index (χ1v) is 11.3. The molecule has 0 aliphatic heterocycles. The first kappa shape index (κ1) is 24.6. The van der Waals surface area contributed by atoms with E-state index in [1.165, 1.54) is 13.2 Å². The molecule has 4 rings (SSSR count). The summed E-state index contributed by atoms with van der Waals surface area (Å²) in [5, 5.41) is 7.06. The lowest BCUT2D eigenvalue weighted by molar-refractivity contribution is -0.123. The Morgan fingerprint density at radius 2 is 1.86 bits per heavy atom. The van der Waals surface area contributed by atoms with E-state index < -0.39 is 24.4 Å². The third-order valence-corrected chi connectivity index (χ3v) is 5.53. The molecule has 0 spiro atoms. The smallest absolute Gasteiger partial charge is 0.339 e. The molecular formula is C26H26N4O6. The maximum absolute atomic E-state index is 13.1. The van der Waals surface area contributed by atoms with Crippen LogP contribution in [0.15, 0.2) is 47.0 Å². The Morgan fingerprint density at radius 3 is 2.53 bits per heavy atom. The number of aromatic nitrogens is 3. The summed E-state index contributed by atoms with van der Waals surface area (Å²) < 4.78 is 17.7. The molecule has 3 aromatic heterocycles. The van der Waals surface area contributed by atoms with Crippen LogP contribution in [-0.4, -0.2) is 46.3 Å². The van der Waals surface area contributed by atoms with E-state index >= 15 is 0 Å². The van der Waals surface area contributed by atoms with E-state index in [1.54, 1.807) is 35.1 Å². The number of aryl methyl sites for hydroxylation is 2. The van der Waals surface area contributed by atoms with E-state index in [1.807, 2.05) is 33.8 Å². The van der Waals surface area contributed by atoms with Crippen molar-refractivity contribution in [2.75, 3.05) is 13.7 Å². The van der Waals surface area contributed by atoms with Crippen LogP contribution in [-0.2, 0) is 9.53 Å². The standard InChI is InChI=1S/C26H26N4O6/c1-14(2)30-24-20(12-27-30)19(11-21(28-24)18-10-15(3)36-16(18)4)26(33)35-13-23(31)29-25(32)17-8-6-7-9-22(17)34-5/h6-12,14H,13H2,1-5H3,(H,29,31,32). The van der Waals surface area contributed by atoms with Crippen LogP contribution in [0.2, 0.25) is 0 Å². The highest BCUT2D eigenvalue weighted by Crippen LogP contribution is 2.30. The molecule has 186 valence electrons. The minimum Gasteiger partial charge on any atom is -0.496 e. The molecule has 4 aromatic rings. The minimum atomic E-state index is -0.774. The Morgan fingerprint density at radius 1 is 1.11 bits per heavy atom. The Kier molecular flexibility index (Phi) is 6.86. The van der Waals surface area contributed by atoms with E-state index in [2.05, 4.69) is 10.4 Å². The van der Waals surface area contributed by atoms with Crippen molar-refractivity contribution in [1.29, 1.82) is 0 Å². The third-order valence-electron chi connectivity index (χ3n) is 5.53. The van der Waals surface area contributed by atoms with E-state index in [0.717, 1.165) is 5.56 Å². The molecule has 0 saturated heterocycles. The van der Waals surface area contributed by atoms with Gasteiger partial charge < -0.3 is 13.9 Å². The summed E-state index contributed by atoms with van der Waals surface area (Å²) >= 11 is 0. The summed E-state index contributed by atoms with van der Waals surface area (Å²) in [4.78, 5) is 42.6. The van der Waals surface area contributed by atoms with E-state index in [9.17, 15) is 14.4 Å². The van der Waals surface area contributed by atoms with Crippen molar-refractivity contribution < 1.29 is 28.3 Å². The van der Waals surface area contributed by atoms with Crippen molar-refractivity contribution in [3.8, 4) is 17.0 Å². The van der Waals surface area contributed by atoms with Gasteiger partial charge in [-0.3, -0.25) is 14.9 Å². The van der Waals surface area contributed by atoms with Crippen LogP contribution < -0.4 is 10.1 Å². The second kappa shape index (κ2) is 10.0. The molecular weight excluding hydrogens is 464 g/mol. The molecule has 3 heterocycles. The molecule has 0 fully saturated rings. The van der Waals surface area contributed by atoms with Crippen LogP contribution in [0.25, 0.3) is 22.3 Å². The number of hydrogen-bond donors (Lipinski definition) is 1. The van der Waals surface area contributed by atoms with Crippen molar-refractivity contribution in [2.24, 2.45) is 0 Å². The van der Waals surface area contributed by atoms with Gasteiger partial charge in [-0.1, -0.05) is 12.1 Å². The summed E-state index contributed by atoms with van der Waals surface area (Å²) in [6, 6.07) is 9.90. The maximum Gasteiger partial charge on any atom is 0.339 e. The molecule has 1 aromatic carbocycles. The number of pyridine rings is 1. The fourth-order valence-electron chi connectivity index (χ4n) is 3.86. The highest BCUT2D eigenvalue weighted by atomic mass is 16.5. The largest absolute Gasteiger partial charge is 0.496 e. The van der Waals surface area contributed by atoms with Crippen LogP contribution in [0.4, 0.5) is 0 Å². The van der Waals surface area contributed by atoms with Gasteiger partial charge in [0.1, 0.15) is 17.3 Å². The molecule has 0 bridgehead atoms. The lowest BCUT2D eigenvalue weighted by atomic mass is 10.1. The van der Waals surface area contributed by atoms with Gasteiger partial charge in [0, 0.05) is 11.6 Å². The third kappa shape index (κ3) is 4.83. The number of amides is 2. The SMILES string of the molecule is COc1ccccc1C(=O)NC(=O)COC(=O)c1cc(-c2cc(C)oc2C)nc2c1cnn2C(C)C. The number of fused-ring (bicyclic) bond motifs is 1. The molecule has 10 nitrogen and oxygen atoms in total. The number of benzene rings is 1. The summed E-state index contributed by atoms with van der Waals surface area (Å²) in [5.41, 5.74) is 2.14. The van der Waals surface area contributed by atoms with Gasteiger partial charge in [0.05, 0.1) is 35.5 Å². The number of imide groups is 1. The van der Waals surface area contributed by atoms with Crippen LogP contribution in [0, 0.1) is 13.8 Å². The molecule has 0 unspecified atom stereocenters. The Labute approximate surface area is 207 Å². The first-order valence-electron chi connectivity index (χ1n) is 11.3. The van der Waals surface area contributed by atoms with Crippen LogP contribution >= 0.6 is 0 Å². The number of nitrogens with one attached hydrogen (secondary N) is 1. The lowest BCUT2D eigenvalue weighted by Crippen LogP contribution is -2.34. The molecule has 0 atom stereocenters. The Balaban J connectivity index is 1.58. The number of hydrogen-bond acceptors (Lipinski definition) is 8. The second-order valence-electron chi connectivity index (χ2n) is 8.46. The molecule has 36 heavy (non-hydrogen) atoms. The van der Waals surface area contributed by atoms with Crippen LogP contribution in [0.5, 0.6) is 5.75 Å². The number of rotatable bonds is 7. The van der Waals surface area contributed by atoms with Gasteiger partial charge >= 0.3 is 5.97 Å². The topological polar surface area (TPSA) is 126 Å². The molecule has 2 amide bonds. The highest BCUT2D eigenvalue weighted by molar-refractivity contribution is 6.08. The Hall–Kier alpha value is -4.47. The molecule has 1 N–H and O–H groups in total. The highest BCUT2D eigenvalue weighted by Gasteiger charge is 2.22. The summed E-state index contributed by atoms with van der Waals surface area (Å²) in [6.45, 7) is 6.90. The quantitative estimate of drug-likeness (QED) is 0.385. The molecule has 0 aliphatic carbocycles. The maximum atomic E-state index is 13.1. The summed E-state index contributed by atoms with van der Waals surface area (Å²) in [5.74, 6) is -0.496. The number of methoxy groups -OCH3 is 1. The molecule has 0 aliphatic rings. The molecule has 0 radical (unpaired) electrons. The zero-order valence-corrected chi connectivity index (χ0v) is 20.6. The number of carbonyl (C=O) groups excluding carboxylic acids is 3. The number of furan rings is 1. The summed E-state index contributed by atoms with van der Waals surface area (Å²) in [7, 11) is 1.42. The lowest BCUT2D eigenvalue weighted by Gasteiger charge is -2.11. The van der Waals surface area contributed by atoms with Gasteiger partial charge in [-0.15, -0.1) is 0 Å². The van der Waals surface area contributed by atoms with Gasteiger partial charge in [-0.2, -0.15) is 5.10 Å². The number of esters is 1. The van der Waals surface area contributed by atoms with E-state index in [4.69, 9.17) is 18.9 Å². The summed E-state index contributed by atoms with van der Waals surface area (Å²) in [6.07, 6.45) is 1.54. The fraction of sp³-hybridized carbons (Fsp3) is 0.269. The number of carbonyl (C=O) groups is 3. The van der Waals surface area contributed by atoms with Crippen molar-refractivity contribution in [3.63, 3.8) is 0 Å². The van der Waals surface area contributed by atoms with E-state index in [-0.39, 0.29) is 17.2 Å². The molecule has 0 saturated carbocycles. The minimum absolute atomic E-state index is 0.00642. The Bertz CT molecular complexity index is 1470. The van der Waals surface area contributed by atoms with Gasteiger partial charge in [-0.25, -0.2) is 14.5 Å². The van der Waals surface area contributed by atoms with Crippen LogP contribution in [0.3, 0.4) is 0 Å². The number of ether oxygens (including phenoxy) is 2. The van der Waals surface area contributed by atoms with Gasteiger partial charge in [0.15, 0.2) is 12.3 Å². The monoisotopic (exact) mass is 490 g/mol. The van der Waals surface area contributed by atoms with Crippen LogP contribution in [0.1, 0.15) is 52.1 Å². The van der Waals surface area contributed by atoms with Crippen molar-refractivity contribution in [2.45, 2.75) is 33.7 Å². The average Bonchev–Trinajstić information content (AvgIpc) is 3.44. The predicted octanol–water partition coefficient (Wildman–Crippen LogP) is 4.01. The zero-order valence-electron chi connectivity index (χ0n) is 20.6. The van der Waals surface area contributed by atoms with Gasteiger partial charge in [0.2, 0.25) is 0 Å². The fourth-order valence-corrected chi connectivity index (χ4v) is 3.86. The van der Waals surface area contributed by atoms with Gasteiger partial charge in [0.25, 0.3) is 11.8 Å². The number of para-hydroxylation sites is 1. The normalized spacial score (nSPS) is 11.1. The average molecular weight is 491 g/mol. The van der Waals surface area contributed by atoms with Crippen molar-refractivity contribution in [3.05, 3.63) is 65.2 Å². The molecule has 10 heteroatoms.